The molecule has 0 radical (unpaired) electrons. The lowest BCUT2D eigenvalue weighted by Gasteiger charge is -2.21. The number of esters is 1. The zero-order chi connectivity index (χ0) is 18.6. The summed E-state index contributed by atoms with van der Waals surface area (Å²) in [4.78, 5) is 60.4. The highest BCUT2D eigenvalue weighted by Crippen LogP contribution is 2.38. The van der Waals surface area contributed by atoms with Crippen LogP contribution in [-0.2, 0) is 28.7 Å². The first-order chi connectivity index (χ1) is 11.9. The minimum atomic E-state index is -1.11. The van der Waals surface area contributed by atoms with Crippen LogP contribution in [0.5, 0.6) is 0 Å². The summed E-state index contributed by atoms with van der Waals surface area (Å²) < 4.78 is 9.32. The molecule has 9 heteroatoms. The van der Waals surface area contributed by atoms with Gasteiger partial charge >= 0.3 is 12.1 Å². The van der Waals surface area contributed by atoms with Gasteiger partial charge in [0.15, 0.2) is 6.61 Å². The van der Waals surface area contributed by atoms with Gasteiger partial charge in [-0.3, -0.25) is 24.6 Å². The highest BCUT2D eigenvalue weighted by Gasteiger charge is 2.51. The van der Waals surface area contributed by atoms with Crippen molar-refractivity contribution in [3.63, 3.8) is 0 Å². The molecule has 0 spiro atoms. The van der Waals surface area contributed by atoms with Crippen LogP contribution in [-0.4, -0.2) is 53.9 Å². The number of likely N-dealkylation sites (tertiary alicyclic amines) is 1. The molecular weight excluding hydrogens is 332 g/mol. The molecule has 25 heavy (non-hydrogen) atoms. The lowest BCUT2D eigenvalue weighted by atomic mass is 9.81. The number of rotatable bonds is 5. The van der Waals surface area contributed by atoms with Crippen LogP contribution in [0.1, 0.15) is 39.5 Å². The Morgan fingerprint density at radius 3 is 2.20 bits per heavy atom. The van der Waals surface area contributed by atoms with Crippen molar-refractivity contribution < 1.29 is 33.4 Å². The Balaban J connectivity index is 1.89. The summed E-state index contributed by atoms with van der Waals surface area (Å²) in [6.45, 7) is 2.36. The van der Waals surface area contributed by atoms with Crippen LogP contribution in [0.4, 0.5) is 4.79 Å². The van der Waals surface area contributed by atoms with Gasteiger partial charge in [0.25, 0.3) is 5.91 Å². The largest absolute Gasteiger partial charge is 0.454 e. The predicted molar refractivity (Wildman–Crippen MR) is 82.9 cm³/mol. The molecule has 0 unspecified atom stereocenters. The first-order valence-electron chi connectivity index (χ1n) is 8.37. The summed E-state index contributed by atoms with van der Waals surface area (Å²) >= 11 is 0. The van der Waals surface area contributed by atoms with Crippen molar-refractivity contribution in [1.82, 2.24) is 10.2 Å². The zero-order valence-corrected chi connectivity index (χ0v) is 14.3. The molecule has 138 valence electrons. The SMILES string of the molecule is CCOC(=O)NC(=O)COC(=O)[C@H](C)N1C(=O)[C@@H]2CCCC[C@H]2C1=O. The van der Waals surface area contributed by atoms with Gasteiger partial charge in [-0.2, -0.15) is 0 Å². The third-order valence-corrected chi connectivity index (χ3v) is 4.47. The molecule has 1 aliphatic carbocycles. The van der Waals surface area contributed by atoms with Gasteiger partial charge in [0.2, 0.25) is 11.8 Å². The van der Waals surface area contributed by atoms with E-state index in [2.05, 4.69) is 4.74 Å². The van der Waals surface area contributed by atoms with Crippen molar-refractivity contribution in [2.45, 2.75) is 45.6 Å². The molecular formula is C16H22N2O7. The molecule has 0 aromatic carbocycles. The van der Waals surface area contributed by atoms with Gasteiger partial charge in [-0.25, -0.2) is 9.59 Å². The highest BCUT2D eigenvalue weighted by atomic mass is 16.6. The Morgan fingerprint density at radius 1 is 1.12 bits per heavy atom. The topological polar surface area (TPSA) is 119 Å². The maximum absolute atomic E-state index is 12.4. The molecule has 2 aliphatic rings. The van der Waals surface area contributed by atoms with E-state index in [1.54, 1.807) is 6.92 Å². The van der Waals surface area contributed by atoms with Gasteiger partial charge in [-0.15, -0.1) is 0 Å². The van der Waals surface area contributed by atoms with Crippen LogP contribution in [0.2, 0.25) is 0 Å². The van der Waals surface area contributed by atoms with Gasteiger partial charge in [-0.05, 0) is 26.7 Å². The quantitative estimate of drug-likeness (QED) is 0.559. The van der Waals surface area contributed by atoms with E-state index in [1.165, 1.54) is 6.92 Å². The second-order valence-corrected chi connectivity index (χ2v) is 6.10. The van der Waals surface area contributed by atoms with Gasteiger partial charge in [0.05, 0.1) is 18.4 Å². The molecule has 1 heterocycles. The number of amides is 4. The molecule has 0 bridgehead atoms. The number of hydrogen-bond donors (Lipinski definition) is 1. The second-order valence-electron chi connectivity index (χ2n) is 6.10. The number of nitrogens with one attached hydrogen (secondary N) is 1. The Bertz CT molecular complexity index is 565. The monoisotopic (exact) mass is 354 g/mol. The number of hydrogen-bond acceptors (Lipinski definition) is 7. The molecule has 0 aromatic rings. The summed E-state index contributed by atoms with van der Waals surface area (Å²) in [6.07, 6.45) is 2.14. The molecule has 4 amide bonds. The normalized spacial score (nSPS) is 23.7. The van der Waals surface area contributed by atoms with Crippen LogP contribution in [0.15, 0.2) is 0 Å². The smallest absolute Gasteiger partial charge is 0.413 e. The number of nitrogens with zero attached hydrogens (tertiary/aromatic N) is 1. The number of carbonyl (C=O) groups excluding carboxylic acids is 5. The van der Waals surface area contributed by atoms with E-state index in [-0.39, 0.29) is 30.3 Å². The first kappa shape index (κ1) is 18.9. The van der Waals surface area contributed by atoms with Crippen molar-refractivity contribution in [3.05, 3.63) is 0 Å². The number of fused-ring (bicyclic) bond motifs is 1. The van der Waals surface area contributed by atoms with Crippen LogP contribution in [0, 0.1) is 11.8 Å². The summed E-state index contributed by atoms with van der Waals surface area (Å²) in [7, 11) is 0. The van der Waals surface area contributed by atoms with E-state index in [1.807, 2.05) is 5.32 Å². The number of alkyl carbamates (subject to hydrolysis) is 1. The van der Waals surface area contributed by atoms with Crippen LogP contribution < -0.4 is 5.32 Å². The average molecular weight is 354 g/mol. The lowest BCUT2D eigenvalue weighted by molar-refractivity contribution is -0.159. The van der Waals surface area contributed by atoms with E-state index >= 15 is 0 Å². The molecule has 9 nitrogen and oxygen atoms in total. The molecule has 1 N–H and O–H groups in total. The Morgan fingerprint density at radius 2 is 1.68 bits per heavy atom. The van der Waals surface area contributed by atoms with Crippen molar-refractivity contribution in [2.75, 3.05) is 13.2 Å². The van der Waals surface area contributed by atoms with Gasteiger partial charge < -0.3 is 9.47 Å². The fourth-order valence-electron chi connectivity index (χ4n) is 3.25. The van der Waals surface area contributed by atoms with E-state index in [4.69, 9.17) is 4.74 Å². The van der Waals surface area contributed by atoms with Gasteiger partial charge in [0.1, 0.15) is 6.04 Å². The van der Waals surface area contributed by atoms with E-state index < -0.39 is 30.6 Å². The summed E-state index contributed by atoms with van der Waals surface area (Å²) in [5.41, 5.74) is 0. The maximum atomic E-state index is 12.4. The van der Waals surface area contributed by atoms with Gasteiger partial charge in [-0.1, -0.05) is 12.8 Å². The molecule has 2 fully saturated rings. The number of carbonyl (C=O) groups is 5. The number of ether oxygens (including phenoxy) is 2. The number of imide groups is 2. The highest BCUT2D eigenvalue weighted by molar-refractivity contribution is 6.07. The summed E-state index contributed by atoms with van der Waals surface area (Å²) in [5.74, 6) is -3.15. The van der Waals surface area contributed by atoms with Crippen LogP contribution in [0.3, 0.4) is 0 Å². The molecule has 0 aromatic heterocycles. The van der Waals surface area contributed by atoms with Gasteiger partial charge in [0, 0.05) is 0 Å². The van der Waals surface area contributed by atoms with Crippen molar-refractivity contribution in [2.24, 2.45) is 11.8 Å². The Hall–Kier alpha value is -2.45. The Labute approximate surface area is 145 Å². The van der Waals surface area contributed by atoms with Crippen LogP contribution >= 0.6 is 0 Å². The fourth-order valence-corrected chi connectivity index (χ4v) is 3.25. The third-order valence-electron chi connectivity index (χ3n) is 4.47. The predicted octanol–water partition coefficient (Wildman–Crippen LogP) is 0.366. The first-order valence-corrected chi connectivity index (χ1v) is 8.37. The minimum absolute atomic E-state index is 0.0947. The van der Waals surface area contributed by atoms with Crippen molar-refractivity contribution >= 4 is 29.8 Å². The van der Waals surface area contributed by atoms with Crippen molar-refractivity contribution in [3.8, 4) is 0 Å². The maximum Gasteiger partial charge on any atom is 0.413 e. The molecule has 1 saturated heterocycles. The Kier molecular flexibility index (Phi) is 6.11. The minimum Gasteiger partial charge on any atom is -0.454 e. The zero-order valence-electron chi connectivity index (χ0n) is 14.3. The molecule has 1 aliphatic heterocycles. The standard InChI is InChI=1S/C16H22N2O7/c1-3-24-16(23)17-12(19)8-25-15(22)9(2)18-13(20)10-6-4-5-7-11(10)14(18)21/h9-11H,3-8H2,1-2H3,(H,17,19,23)/t9-,10+,11+/m0/s1. The third kappa shape index (κ3) is 4.15. The molecule has 2 rings (SSSR count). The molecule has 3 atom stereocenters. The van der Waals surface area contributed by atoms with E-state index in [9.17, 15) is 24.0 Å². The van der Waals surface area contributed by atoms with E-state index in [0.29, 0.717) is 12.8 Å². The molecule has 1 saturated carbocycles. The lowest BCUT2D eigenvalue weighted by Crippen LogP contribution is -2.45. The second kappa shape index (κ2) is 8.09. The van der Waals surface area contributed by atoms with Crippen LogP contribution in [0.25, 0.3) is 0 Å². The fraction of sp³-hybridized carbons (Fsp3) is 0.688. The summed E-state index contributed by atoms with van der Waals surface area (Å²) in [6, 6.07) is -1.11. The van der Waals surface area contributed by atoms with Crippen molar-refractivity contribution in [1.29, 1.82) is 0 Å². The average Bonchev–Trinajstić information content (AvgIpc) is 2.84. The summed E-state index contributed by atoms with van der Waals surface area (Å²) in [5, 5.41) is 1.88. The van der Waals surface area contributed by atoms with E-state index in [0.717, 1.165) is 17.7 Å².